The number of nitriles is 1. The van der Waals surface area contributed by atoms with E-state index in [1.54, 1.807) is 17.2 Å². The van der Waals surface area contributed by atoms with E-state index >= 15 is 0 Å². The lowest BCUT2D eigenvalue weighted by Crippen LogP contribution is -2.39. The summed E-state index contributed by atoms with van der Waals surface area (Å²) >= 11 is 0. The van der Waals surface area contributed by atoms with Crippen molar-refractivity contribution in [3.8, 4) is 6.07 Å². The minimum absolute atomic E-state index is 0.0349. The third kappa shape index (κ3) is 4.22. The molecule has 0 saturated heterocycles. The van der Waals surface area contributed by atoms with Crippen molar-refractivity contribution in [1.82, 2.24) is 4.90 Å². The van der Waals surface area contributed by atoms with Gasteiger partial charge in [-0.1, -0.05) is 30.3 Å². The second kappa shape index (κ2) is 8.21. The number of hydrogen-bond donors (Lipinski definition) is 0. The molecule has 3 rings (SSSR count). The number of nitrogens with zero attached hydrogens (tertiary/aromatic N) is 3. The fraction of sp³-hybridized carbons (Fsp3) is 0.238. The standard InChI is InChI=1S/C21H21N3O2/c1-23(19-10-9-17-6-2-3-7-18(17)14-19)16-21(25)24(12-5-11-22)15-20-8-4-13-26-20/h2-4,6-10,13-14H,5,12,15-16H2,1H3. The number of anilines is 1. The molecule has 1 aromatic heterocycles. The number of carbonyl (C=O) groups excluding carboxylic acids is 1. The van der Waals surface area contributed by atoms with Crippen molar-refractivity contribution in [2.24, 2.45) is 0 Å². The Morgan fingerprint density at radius 3 is 2.65 bits per heavy atom. The number of furan rings is 1. The highest BCUT2D eigenvalue weighted by Crippen LogP contribution is 2.21. The van der Waals surface area contributed by atoms with Crippen LogP contribution in [-0.2, 0) is 11.3 Å². The van der Waals surface area contributed by atoms with Gasteiger partial charge in [0.15, 0.2) is 0 Å². The van der Waals surface area contributed by atoms with Crippen molar-refractivity contribution in [3.05, 3.63) is 66.6 Å². The van der Waals surface area contributed by atoms with Crippen LogP contribution < -0.4 is 4.90 Å². The Morgan fingerprint density at radius 2 is 1.92 bits per heavy atom. The molecule has 1 heterocycles. The van der Waals surface area contributed by atoms with Gasteiger partial charge in [-0.05, 0) is 35.0 Å². The Hall–Kier alpha value is -3.26. The number of fused-ring (bicyclic) bond motifs is 1. The van der Waals surface area contributed by atoms with E-state index < -0.39 is 0 Å². The van der Waals surface area contributed by atoms with E-state index in [1.165, 1.54) is 5.39 Å². The molecule has 5 heteroatoms. The third-order valence-electron chi connectivity index (χ3n) is 4.32. The molecular formula is C21H21N3O2. The van der Waals surface area contributed by atoms with Crippen LogP contribution in [0.25, 0.3) is 10.8 Å². The van der Waals surface area contributed by atoms with Crippen LogP contribution in [0.3, 0.4) is 0 Å². The van der Waals surface area contributed by atoms with Gasteiger partial charge in [0.2, 0.25) is 5.91 Å². The number of amides is 1. The zero-order valence-electron chi connectivity index (χ0n) is 14.8. The number of benzene rings is 2. The first-order valence-corrected chi connectivity index (χ1v) is 8.54. The molecule has 1 amide bonds. The Balaban J connectivity index is 1.71. The van der Waals surface area contributed by atoms with Crippen molar-refractivity contribution < 1.29 is 9.21 Å². The fourth-order valence-corrected chi connectivity index (χ4v) is 2.88. The molecule has 0 spiro atoms. The van der Waals surface area contributed by atoms with Crippen LogP contribution in [0, 0.1) is 11.3 Å². The molecule has 0 atom stereocenters. The Bertz CT molecular complexity index is 912. The van der Waals surface area contributed by atoms with Crippen LogP contribution in [0.4, 0.5) is 5.69 Å². The summed E-state index contributed by atoms with van der Waals surface area (Å²) in [6.07, 6.45) is 1.88. The van der Waals surface area contributed by atoms with Crippen LogP contribution in [-0.4, -0.2) is 30.9 Å². The summed E-state index contributed by atoms with van der Waals surface area (Å²) in [5.74, 6) is 0.678. The summed E-state index contributed by atoms with van der Waals surface area (Å²) in [5.41, 5.74) is 0.982. The van der Waals surface area contributed by atoms with Crippen LogP contribution in [0.1, 0.15) is 12.2 Å². The zero-order valence-corrected chi connectivity index (χ0v) is 14.8. The molecule has 0 aliphatic rings. The van der Waals surface area contributed by atoms with Gasteiger partial charge in [0.1, 0.15) is 5.76 Å². The zero-order chi connectivity index (χ0) is 18.4. The number of likely N-dealkylation sites (N-methyl/N-ethyl adjacent to an activating group) is 1. The Labute approximate surface area is 153 Å². The molecule has 0 saturated carbocycles. The van der Waals surface area contributed by atoms with Gasteiger partial charge in [-0.2, -0.15) is 5.26 Å². The van der Waals surface area contributed by atoms with Crippen molar-refractivity contribution in [2.75, 3.05) is 25.0 Å². The van der Waals surface area contributed by atoms with E-state index in [4.69, 9.17) is 9.68 Å². The van der Waals surface area contributed by atoms with E-state index in [2.05, 4.69) is 30.3 Å². The molecule has 0 bridgehead atoms. The maximum absolute atomic E-state index is 12.8. The highest BCUT2D eigenvalue weighted by molar-refractivity contribution is 5.87. The number of rotatable bonds is 7. The van der Waals surface area contributed by atoms with E-state index in [9.17, 15) is 4.79 Å². The topological polar surface area (TPSA) is 60.5 Å². The maximum Gasteiger partial charge on any atom is 0.242 e. The minimum atomic E-state index is -0.0349. The van der Waals surface area contributed by atoms with Gasteiger partial charge in [0.25, 0.3) is 0 Å². The summed E-state index contributed by atoms with van der Waals surface area (Å²) in [7, 11) is 1.90. The molecular weight excluding hydrogens is 326 g/mol. The molecule has 0 unspecified atom stereocenters. The maximum atomic E-state index is 12.8. The molecule has 0 aliphatic carbocycles. The lowest BCUT2D eigenvalue weighted by Gasteiger charge is -2.25. The number of hydrogen-bond acceptors (Lipinski definition) is 4. The van der Waals surface area contributed by atoms with Crippen molar-refractivity contribution in [1.29, 1.82) is 5.26 Å². The summed E-state index contributed by atoms with van der Waals surface area (Å²) in [6, 6.07) is 20.0. The van der Waals surface area contributed by atoms with Gasteiger partial charge in [-0.25, -0.2) is 0 Å². The van der Waals surface area contributed by atoms with Gasteiger partial charge in [-0.3, -0.25) is 4.79 Å². The molecule has 3 aromatic rings. The fourth-order valence-electron chi connectivity index (χ4n) is 2.88. The lowest BCUT2D eigenvalue weighted by atomic mass is 10.1. The molecule has 0 fully saturated rings. The van der Waals surface area contributed by atoms with E-state index in [1.807, 2.05) is 36.2 Å². The molecule has 0 N–H and O–H groups in total. The SMILES string of the molecule is CN(CC(=O)N(CCC#N)Cc1ccco1)c1ccc2ccccc2c1. The molecule has 132 valence electrons. The van der Waals surface area contributed by atoms with Crippen molar-refractivity contribution in [3.63, 3.8) is 0 Å². The Morgan fingerprint density at radius 1 is 1.12 bits per heavy atom. The highest BCUT2D eigenvalue weighted by Gasteiger charge is 2.17. The predicted molar refractivity (Wildman–Crippen MR) is 102 cm³/mol. The molecule has 2 aromatic carbocycles. The van der Waals surface area contributed by atoms with Crippen LogP contribution in [0.2, 0.25) is 0 Å². The first kappa shape index (κ1) is 17.6. The van der Waals surface area contributed by atoms with Gasteiger partial charge in [0.05, 0.1) is 31.8 Å². The molecule has 0 aliphatic heterocycles. The van der Waals surface area contributed by atoms with Gasteiger partial charge < -0.3 is 14.2 Å². The first-order chi connectivity index (χ1) is 12.7. The lowest BCUT2D eigenvalue weighted by molar-refractivity contribution is -0.130. The summed E-state index contributed by atoms with van der Waals surface area (Å²) in [4.78, 5) is 16.3. The van der Waals surface area contributed by atoms with Gasteiger partial charge in [-0.15, -0.1) is 0 Å². The largest absolute Gasteiger partial charge is 0.467 e. The number of carbonyl (C=O) groups is 1. The molecule has 0 radical (unpaired) electrons. The highest BCUT2D eigenvalue weighted by atomic mass is 16.3. The average Bonchev–Trinajstić information content (AvgIpc) is 3.17. The van der Waals surface area contributed by atoms with Crippen LogP contribution in [0.5, 0.6) is 0 Å². The monoisotopic (exact) mass is 347 g/mol. The third-order valence-corrected chi connectivity index (χ3v) is 4.32. The quantitative estimate of drug-likeness (QED) is 0.652. The van der Waals surface area contributed by atoms with Crippen molar-refractivity contribution >= 4 is 22.4 Å². The second-order valence-electron chi connectivity index (χ2n) is 6.19. The van der Waals surface area contributed by atoms with Crippen molar-refractivity contribution in [2.45, 2.75) is 13.0 Å². The molecule has 5 nitrogen and oxygen atoms in total. The predicted octanol–water partition coefficient (Wildman–Crippen LogP) is 3.81. The summed E-state index contributed by atoms with van der Waals surface area (Å²) in [5, 5.41) is 11.2. The average molecular weight is 347 g/mol. The van der Waals surface area contributed by atoms with E-state index in [-0.39, 0.29) is 12.5 Å². The second-order valence-corrected chi connectivity index (χ2v) is 6.19. The summed E-state index contributed by atoms with van der Waals surface area (Å²) in [6.45, 7) is 1.01. The van der Waals surface area contributed by atoms with E-state index in [0.29, 0.717) is 25.3 Å². The summed E-state index contributed by atoms with van der Waals surface area (Å²) < 4.78 is 5.34. The van der Waals surface area contributed by atoms with Gasteiger partial charge in [0, 0.05) is 19.3 Å². The van der Waals surface area contributed by atoms with Crippen LogP contribution >= 0.6 is 0 Å². The Kier molecular flexibility index (Phi) is 5.55. The molecule has 26 heavy (non-hydrogen) atoms. The first-order valence-electron chi connectivity index (χ1n) is 8.54. The van der Waals surface area contributed by atoms with Crippen LogP contribution in [0.15, 0.2) is 65.3 Å². The normalized spacial score (nSPS) is 10.5. The van der Waals surface area contributed by atoms with Gasteiger partial charge >= 0.3 is 0 Å². The smallest absolute Gasteiger partial charge is 0.242 e. The minimum Gasteiger partial charge on any atom is -0.467 e. The van der Waals surface area contributed by atoms with E-state index in [0.717, 1.165) is 11.1 Å².